The van der Waals surface area contributed by atoms with Gasteiger partial charge in [0.1, 0.15) is 0 Å². The van der Waals surface area contributed by atoms with Gasteiger partial charge in [-0.3, -0.25) is 0 Å². The van der Waals surface area contributed by atoms with Crippen LogP contribution in [0.15, 0.2) is 30.3 Å². The molecule has 2 amide bonds. The molecule has 0 bridgehead atoms. The highest BCUT2D eigenvalue weighted by Crippen LogP contribution is 2.17. The fraction of sp³-hybridized carbons (Fsp3) is 0.467. The molecule has 5 heteroatoms. The van der Waals surface area contributed by atoms with Gasteiger partial charge in [0, 0.05) is 13.1 Å². The van der Waals surface area contributed by atoms with E-state index in [4.69, 9.17) is 0 Å². The molecule has 0 aliphatic carbocycles. The Morgan fingerprint density at radius 3 is 2.65 bits per heavy atom. The number of hydrogen-bond donors (Lipinski definition) is 2. The molecule has 1 aliphatic heterocycles. The van der Waals surface area contributed by atoms with Crippen LogP contribution in [0.1, 0.15) is 31.4 Å². The molecule has 1 fully saturated rings. The van der Waals surface area contributed by atoms with Crippen LogP contribution in [0.25, 0.3) is 0 Å². The highest BCUT2D eigenvalue weighted by Gasteiger charge is 2.26. The summed E-state index contributed by atoms with van der Waals surface area (Å²) in [5.74, 6) is -0.580. The van der Waals surface area contributed by atoms with Crippen molar-refractivity contribution in [2.24, 2.45) is 5.92 Å². The quantitative estimate of drug-likeness (QED) is 0.889. The minimum absolute atomic E-state index is 0.298. The van der Waals surface area contributed by atoms with Crippen LogP contribution in [-0.4, -0.2) is 35.1 Å². The number of aliphatic carboxylic acids is 1. The molecule has 2 N–H and O–H groups in total. The zero-order valence-corrected chi connectivity index (χ0v) is 11.6. The molecule has 1 aromatic carbocycles. The Balaban J connectivity index is 2.05. The second kappa shape index (κ2) is 6.41. The van der Waals surface area contributed by atoms with Crippen LogP contribution in [0.2, 0.25) is 0 Å². The topological polar surface area (TPSA) is 69.6 Å². The van der Waals surface area contributed by atoms with Crippen LogP contribution < -0.4 is 5.32 Å². The molecule has 2 atom stereocenters. The van der Waals surface area contributed by atoms with Crippen molar-refractivity contribution < 1.29 is 14.7 Å². The van der Waals surface area contributed by atoms with Crippen molar-refractivity contribution in [3.8, 4) is 0 Å². The Labute approximate surface area is 118 Å². The molecule has 0 saturated carbocycles. The van der Waals surface area contributed by atoms with E-state index in [9.17, 15) is 14.7 Å². The van der Waals surface area contributed by atoms with E-state index in [0.29, 0.717) is 24.6 Å². The standard InChI is InChI=1S/C15H20N2O3/c1-11-6-5-9-17(10-11)15(20)16-13(14(18)19)12-7-3-2-4-8-12/h2-4,7-8,11,13H,5-6,9-10H2,1H3,(H,16,20)(H,18,19). The van der Waals surface area contributed by atoms with Crippen LogP contribution in [0.5, 0.6) is 0 Å². The highest BCUT2D eigenvalue weighted by atomic mass is 16.4. The van der Waals surface area contributed by atoms with Gasteiger partial charge in [0.25, 0.3) is 0 Å². The third-order valence-electron chi connectivity index (χ3n) is 3.59. The summed E-state index contributed by atoms with van der Waals surface area (Å²) in [5, 5.41) is 11.9. The molecule has 108 valence electrons. The van der Waals surface area contributed by atoms with Gasteiger partial charge in [0.15, 0.2) is 6.04 Å². The number of carboxylic acids is 1. The molecule has 1 saturated heterocycles. The number of carbonyl (C=O) groups is 2. The number of urea groups is 1. The van der Waals surface area contributed by atoms with E-state index in [0.717, 1.165) is 12.8 Å². The first-order valence-corrected chi connectivity index (χ1v) is 6.91. The van der Waals surface area contributed by atoms with Crippen LogP contribution in [-0.2, 0) is 4.79 Å². The number of nitrogens with one attached hydrogen (secondary N) is 1. The average molecular weight is 276 g/mol. The molecule has 0 aromatic heterocycles. The Kier molecular flexibility index (Phi) is 4.61. The summed E-state index contributed by atoms with van der Waals surface area (Å²) in [6, 6.07) is 7.46. The highest BCUT2D eigenvalue weighted by molar-refractivity contribution is 5.83. The second-order valence-corrected chi connectivity index (χ2v) is 5.32. The molecular weight excluding hydrogens is 256 g/mol. The van der Waals surface area contributed by atoms with Gasteiger partial charge in [-0.05, 0) is 24.3 Å². The number of carbonyl (C=O) groups excluding carboxylic acids is 1. The van der Waals surface area contributed by atoms with Crippen molar-refractivity contribution in [3.63, 3.8) is 0 Å². The second-order valence-electron chi connectivity index (χ2n) is 5.32. The number of carboxylic acid groups (broad SMARTS) is 1. The Bertz CT molecular complexity index is 475. The van der Waals surface area contributed by atoms with Crippen molar-refractivity contribution >= 4 is 12.0 Å². The molecule has 0 radical (unpaired) electrons. The van der Waals surface area contributed by atoms with Gasteiger partial charge < -0.3 is 15.3 Å². The smallest absolute Gasteiger partial charge is 0.330 e. The van der Waals surface area contributed by atoms with E-state index in [-0.39, 0.29) is 6.03 Å². The van der Waals surface area contributed by atoms with Crippen LogP contribution in [0.3, 0.4) is 0 Å². The van der Waals surface area contributed by atoms with E-state index in [1.165, 1.54) is 0 Å². The van der Waals surface area contributed by atoms with Crippen LogP contribution >= 0.6 is 0 Å². The van der Waals surface area contributed by atoms with Gasteiger partial charge in [-0.15, -0.1) is 0 Å². The lowest BCUT2D eigenvalue weighted by Crippen LogP contribution is -2.47. The SMILES string of the molecule is CC1CCCN(C(=O)NC(C(=O)O)c2ccccc2)C1. The molecule has 20 heavy (non-hydrogen) atoms. The number of benzene rings is 1. The fourth-order valence-electron chi connectivity index (χ4n) is 2.52. The summed E-state index contributed by atoms with van der Waals surface area (Å²) < 4.78 is 0. The summed E-state index contributed by atoms with van der Waals surface area (Å²) in [7, 11) is 0. The third kappa shape index (κ3) is 3.50. The van der Waals surface area contributed by atoms with Crippen LogP contribution in [0.4, 0.5) is 4.79 Å². The lowest BCUT2D eigenvalue weighted by atomic mass is 10.0. The summed E-state index contributed by atoms with van der Waals surface area (Å²) >= 11 is 0. The third-order valence-corrected chi connectivity index (χ3v) is 3.59. The molecule has 1 aliphatic rings. The minimum Gasteiger partial charge on any atom is -0.479 e. The average Bonchev–Trinajstić information content (AvgIpc) is 2.45. The van der Waals surface area contributed by atoms with Crippen molar-refractivity contribution in [1.82, 2.24) is 10.2 Å². The van der Waals surface area contributed by atoms with E-state index < -0.39 is 12.0 Å². The van der Waals surface area contributed by atoms with Gasteiger partial charge in [-0.25, -0.2) is 9.59 Å². The zero-order valence-electron chi connectivity index (χ0n) is 11.6. The van der Waals surface area contributed by atoms with Crippen molar-refractivity contribution in [3.05, 3.63) is 35.9 Å². The van der Waals surface area contributed by atoms with Crippen molar-refractivity contribution in [2.75, 3.05) is 13.1 Å². The lowest BCUT2D eigenvalue weighted by molar-refractivity contribution is -0.139. The van der Waals surface area contributed by atoms with Crippen molar-refractivity contribution in [2.45, 2.75) is 25.8 Å². The van der Waals surface area contributed by atoms with Crippen molar-refractivity contribution in [1.29, 1.82) is 0 Å². The maximum absolute atomic E-state index is 12.2. The number of amides is 2. The van der Waals surface area contributed by atoms with Gasteiger partial charge in [-0.2, -0.15) is 0 Å². The number of rotatable bonds is 3. The molecule has 5 nitrogen and oxygen atoms in total. The number of piperidine rings is 1. The fourth-order valence-corrected chi connectivity index (χ4v) is 2.52. The normalized spacial score (nSPS) is 20.2. The zero-order chi connectivity index (χ0) is 14.5. The van der Waals surface area contributed by atoms with E-state index in [2.05, 4.69) is 12.2 Å². The predicted octanol–water partition coefficient (Wildman–Crippen LogP) is 2.25. The first-order chi connectivity index (χ1) is 9.58. The lowest BCUT2D eigenvalue weighted by Gasteiger charge is -2.31. The van der Waals surface area contributed by atoms with Gasteiger partial charge in [0.05, 0.1) is 0 Å². The van der Waals surface area contributed by atoms with E-state index in [1.807, 2.05) is 6.07 Å². The van der Waals surface area contributed by atoms with Gasteiger partial charge >= 0.3 is 12.0 Å². The molecule has 1 aromatic rings. The molecule has 2 unspecified atom stereocenters. The number of nitrogens with zero attached hydrogens (tertiary/aromatic N) is 1. The molecule has 0 spiro atoms. The largest absolute Gasteiger partial charge is 0.479 e. The first-order valence-electron chi connectivity index (χ1n) is 6.91. The number of hydrogen-bond acceptors (Lipinski definition) is 2. The van der Waals surface area contributed by atoms with Gasteiger partial charge in [0.2, 0.25) is 0 Å². The first kappa shape index (κ1) is 14.4. The van der Waals surface area contributed by atoms with Gasteiger partial charge in [-0.1, -0.05) is 37.3 Å². The van der Waals surface area contributed by atoms with E-state index >= 15 is 0 Å². The maximum atomic E-state index is 12.2. The van der Waals surface area contributed by atoms with E-state index in [1.54, 1.807) is 29.2 Å². The Morgan fingerprint density at radius 2 is 2.05 bits per heavy atom. The Hall–Kier alpha value is -2.04. The summed E-state index contributed by atoms with van der Waals surface area (Å²) in [5.41, 5.74) is 0.582. The molecule has 2 rings (SSSR count). The predicted molar refractivity (Wildman–Crippen MR) is 75.3 cm³/mol. The van der Waals surface area contributed by atoms with Crippen LogP contribution in [0, 0.1) is 5.92 Å². The Morgan fingerprint density at radius 1 is 1.35 bits per heavy atom. The molecular formula is C15H20N2O3. The number of likely N-dealkylation sites (tertiary alicyclic amines) is 1. The summed E-state index contributed by atoms with van der Waals surface area (Å²) in [4.78, 5) is 25.2. The summed E-state index contributed by atoms with van der Waals surface area (Å²) in [6.07, 6.45) is 2.09. The summed E-state index contributed by atoms with van der Waals surface area (Å²) in [6.45, 7) is 3.48. The maximum Gasteiger partial charge on any atom is 0.330 e. The molecule has 1 heterocycles. The minimum atomic E-state index is -1.05. The monoisotopic (exact) mass is 276 g/mol.